The SMILES string of the molecule is CC(C)(C)OC(=O)N1CC[C@H]1CN. The minimum Gasteiger partial charge on any atom is -0.444 e. The number of hydrogen-bond acceptors (Lipinski definition) is 3. The van der Waals surface area contributed by atoms with E-state index in [-0.39, 0.29) is 12.1 Å². The molecule has 0 unspecified atom stereocenters. The molecule has 0 aliphatic carbocycles. The van der Waals surface area contributed by atoms with Crippen LogP contribution >= 0.6 is 0 Å². The Balaban J connectivity index is 2.40. The number of carbonyl (C=O) groups is 1. The molecule has 1 aliphatic rings. The lowest BCUT2D eigenvalue weighted by Gasteiger charge is -2.40. The van der Waals surface area contributed by atoms with Gasteiger partial charge in [0.1, 0.15) is 5.60 Å². The molecule has 1 amide bonds. The van der Waals surface area contributed by atoms with Crippen molar-refractivity contribution < 1.29 is 9.53 Å². The summed E-state index contributed by atoms with van der Waals surface area (Å²) in [4.78, 5) is 13.1. The lowest BCUT2D eigenvalue weighted by molar-refractivity contribution is -0.00346. The largest absolute Gasteiger partial charge is 0.444 e. The summed E-state index contributed by atoms with van der Waals surface area (Å²) in [6.07, 6.45) is 0.754. The van der Waals surface area contributed by atoms with Crippen LogP contribution in [0.15, 0.2) is 0 Å². The molecule has 1 atom stereocenters. The van der Waals surface area contributed by atoms with E-state index < -0.39 is 5.60 Å². The first-order chi connectivity index (χ1) is 5.94. The number of likely N-dealkylation sites (tertiary alicyclic amines) is 1. The van der Waals surface area contributed by atoms with E-state index in [4.69, 9.17) is 10.5 Å². The fourth-order valence-corrected chi connectivity index (χ4v) is 1.25. The predicted octanol–water partition coefficient (Wildman–Crippen LogP) is 0.954. The average Bonchev–Trinajstić information content (AvgIpc) is 1.80. The molecule has 4 nitrogen and oxygen atoms in total. The monoisotopic (exact) mass is 186 g/mol. The molecule has 0 radical (unpaired) electrons. The number of amides is 1. The third kappa shape index (κ3) is 2.59. The van der Waals surface area contributed by atoms with Gasteiger partial charge in [-0.15, -0.1) is 0 Å². The maximum atomic E-state index is 11.5. The van der Waals surface area contributed by atoms with E-state index in [1.54, 1.807) is 4.90 Å². The van der Waals surface area contributed by atoms with E-state index in [1.165, 1.54) is 0 Å². The molecule has 0 aromatic carbocycles. The smallest absolute Gasteiger partial charge is 0.410 e. The van der Waals surface area contributed by atoms with Crippen LogP contribution in [0.2, 0.25) is 0 Å². The second-order valence-corrected chi connectivity index (χ2v) is 4.35. The quantitative estimate of drug-likeness (QED) is 0.663. The van der Waals surface area contributed by atoms with Gasteiger partial charge in [-0.2, -0.15) is 0 Å². The molecular weight excluding hydrogens is 168 g/mol. The molecule has 1 heterocycles. The Bertz CT molecular complexity index is 196. The second kappa shape index (κ2) is 3.54. The van der Waals surface area contributed by atoms with Crippen LogP contribution in [0.3, 0.4) is 0 Å². The zero-order chi connectivity index (χ0) is 10.1. The Morgan fingerprint density at radius 2 is 2.23 bits per heavy atom. The van der Waals surface area contributed by atoms with Gasteiger partial charge in [0.05, 0.1) is 0 Å². The molecule has 1 rings (SSSR count). The second-order valence-electron chi connectivity index (χ2n) is 4.35. The number of hydrogen-bond donors (Lipinski definition) is 1. The van der Waals surface area contributed by atoms with Gasteiger partial charge in [0.15, 0.2) is 0 Å². The van der Waals surface area contributed by atoms with Crippen LogP contribution in [0.5, 0.6) is 0 Å². The predicted molar refractivity (Wildman–Crippen MR) is 50.4 cm³/mol. The minimum atomic E-state index is -0.411. The van der Waals surface area contributed by atoms with Gasteiger partial charge in [-0.25, -0.2) is 4.79 Å². The van der Waals surface area contributed by atoms with Crippen molar-refractivity contribution >= 4 is 6.09 Å². The van der Waals surface area contributed by atoms with Crippen LogP contribution in [-0.2, 0) is 4.74 Å². The first-order valence-corrected chi connectivity index (χ1v) is 4.64. The molecule has 1 aliphatic heterocycles. The summed E-state index contributed by atoms with van der Waals surface area (Å²) in [5.74, 6) is 0. The average molecular weight is 186 g/mol. The Kier molecular flexibility index (Phi) is 2.81. The summed E-state index contributed by atoms with van der Waals surface area (Å²) in [6.45, 7) is 6.89. The number of rotatable bonds is 1. The maximum Gasteiger partial charge on any atom is 0.410 e. The van der Waals surface area contributed by atoms with Gasteiger partial charge in [0.2, 0.25) is 0 Å². The fourth-order valence-electron chi connectivity index (χ4n) is 1.25. The fraction of sp³-hybridized carbons (Fsp3) is 0.889. The Morgan fingerprint density at radius 3 is 2.54 bits per heavy atom. The third-order valence-corrected chi connectivity index (χ3v) is 2.04. The Morgan fingerprint density at radius 1 is 1.62 bits per heavy atom. The van der Waals surface area contributed by atoms with Crippen LogP contribution in [-0.4, -0.2) is 35.7 Å². The third-order valence-electron chi connectivity index (χ3n) is 2.04. The van der Waals surface area contributed by atoms with Crippen molar-refractivity contribution in [3.63, 3.8) is 0 Å². The van der Waals surface area contributed by atoms with Crippen LogP contribution in [0.25, 0.3) is 0 Å². The molecular formula is C9H18N2O2. The summed E-state index contributed by atoms with van der Waals surface area (Å²) in [5, 5.41) is 0. The maximum absolute atomic E-state index is 11.5. The summed E-state index contributed by atoms with van der Waals surface area (Å²) in [6, 6.07) is 0.190. The summed E-state index contributed by atoms with van der Waals surface area (Å²) in [7, 11) is 0. The van der Waals surface area contributed by atoms with E-state index in [2.05, 4.69) is 0 Å². The van der Waals surface area contributed by atoms with Crippen molar-refractivity contribution in [2.75, 3.05) is 13.1 Å². The minimum absolute atomic E-state index is 0.190. The van der Waals surface area contributed by atoms with Crippen LogP contribution in [0.4, 0.5) is 4.79 Å². The number of carbonyl (C=O) groups excluding carboxylic acids is 1. The molecule has 0 bridgehead atoms. The van der Waals surface area contributed by atoms with Gasteiger partial charge < -0.3 is 15.4 Å². The molecule has 13 heavy (non-hydrogen) atoms. The van der Waals surface area contributed by atoms with Gasteiger partial charge in [0, 0.05) is 19.1 Å². The van der Waals surface area contributed by atoms with Crippen molar-refractivity contribution in [1.29, 1.82) is 0 Å². The van der Waals surface area contributed by atoms with Gasteiger partial charge in [-0.05, 0) is 27.2 Å². The molecule has 4 heteroatoms. The van der Waals surface area contributed by atoms with Crippen molar-refractivity contribution in [1.82, 2.24) is 4.90 Å². The standard InChI is InChI=1S/C9H18N2O2/c1-9(2,3)13-8(12)11-5-4-7(11)6-10/h7H,4-6,10H2,1-3H3/t7-/m0/s1. The van der Waals surface area contributed by atoms with Gasteiger partial charge in [-0.3, -0.25) is 0 Å². The van der Waals surface area contributed by atoms with Gasteiger partial charge >= 0.3 is 6.09 Å². The van der Waals surface area contributed by atoms with E-state index in [9.17, 15) is 4.79 Å². The van der Waals surface area contributed by atoms with Crippen molar-refractivity contribution in [3.05, 3.63) is 0 Å². The highest BCUT2D eigenvalue weighted by atomic mass is 16.6. The van der Waals surface area contributed by atoms with Crippen molar-refractivity contribution in [2.45, 2.75) is 38.8 Å². The highest BCUT2D eigenvalue weighted by molar-refractivity contribution is 5.69. The van der Waals surface area contributed by atoms with Crippen LogP contribution < -0.4 is 5.73 Å². The van der Waals surface area contributed by atoms with E-state index in [0.29, 0.717) is 6.54 Å². The topological polar surface area (TPSA) is 55.6 Å². The van der Waals surface area contributed by atoms with E-state index >= 15 is 0 Å². The molecule has 1 fully saturated rings. The summed E-state index contributed by atoms with van der Waals surface area (Å²) >= 11 is 0. The zero-order valence-electron chi connectivity index (χ0n) is 8.54. The number of nitrogens with zero attached hydrogens (tertiary/aromatic N) is 1. The highest BCUT2D eigenvalue weighted by Crippen LogP contribution is 2.19. The molecule has 0 spiro atoms. The lowest BCUT2D eigenvalue weighted by atomic mass is 10.0. The molecule has 1 saturated heterocycles. The van der Waals surface area contributed by atoms with Crippen LogP contribution in [0.1, 0.15) is 27.2 Å². The number of nitrogens with two attached hydrogens (primary N) is 1. The summed E-state index contributed by atoms with van der Waals surface area (Å²) < 4.78 is 5.21. The molecule has 76 valence electrons. The van der Waals surface area contributed by atoms with Crippen LogP contribution in [0, 0.1) is 0 Å². The van der Waals surface area contributed by atoms with Gasteiger partial charge in [0.25, 0.3) is 0 Å². The Hall–Kier alpha value is -0.770. The van der Waals surface area contributed by atoms with Crippen molar-refractivity contribution in [2.24, 2.45) is 5.73 Å². The van der Waals surface area contributed by atoms with E-state index in [1.807, 2.05) is 20.8 Å². The first kappa shape index (κ1) is 10.3. The number of ether oxygens (including phenoxy) is 1. The molecule has 2 N–H and O–H groups in total. The lowest BCUT2D eigenvalue weighted by Crippen LogP contribution is -2.55. The highest BCUT2D eigenvalue weighted by Gasteiger charge is 2.33. The molecule has 0 aromatic rings. The molecule has 0 aromatic heterocycles. The van der Waals surface area contributed by atoms with Crippen molar-refractivity contribution in [3.8, 4) is 0 Å². The van der Waals surface area contributed by atoms with E-state index in [0.717, 1.165) is 13.0 Å². The first-order valence-electron chi connectivity index (χ1n) is 4.64. The Labute approximate surface area is 79.0 Å². The normalized spacial score (nSPS) is 22.5. The molecule has 0 saturated carbocycles. The summed E-state index contributed by atoms with van der Waals surface area (Å²) in [5.41, 5.74) is 5.07. The van der Waals surface area contributed by atoms with Gasteiger partial charge in [-0.1, -0.05) is 0 Å². The zero-order valence-corrected chi connectivity index (χ0v) is 8.54.